The molecule has 32 heavy (non-hydrogen) atoms. The molecule has 6 nitrogen and oxygen atoms in total. The Bertz CT molecular complexity index is 1190. The van der Waals surface area contributed by atoms with Crippen LogP contribution in [0.3, 0.4) is 0 Å². The van der Waals surface area contributed by atoms with Crippen LogP contribution in [0.1, 0.15) is 36.0 Å². The SMILES string of the molecule is CCCOc1ccc(-c2[nH]nc3c2[C@@H](c2ccc(C(F)(F)F)cc2)C(C#N)=C(N)O3)cc1. The van der Waals surface area contributed by atoms with E-state index in [0.29, 0.717) is 29.2 Å². The van der Waals surface area contributed by atoms with E-state index in [1.807, 2.05) is 37.3 Å². The average Bonchev–Trinajstić information content (AvgIpc) is 3.19. The summed E-state index contributed by atoms with van der Waals surface area (Å²) in [6, 6.07) is 14.0. The Balaban J connectivity index is 1.79. The molecule has 9 heteroatoms. The van der Waals surface area contributed by atoms with Crippen LogP contribution in [0.15, 0.2) is 60.0 Å². The average molecular weight is 440 g/mol. The lowest BCUT2D eigenvalue weighted by atomic mass is 9.83. The first kappa shape index (κ1) is 21.3. The highest BCUT2D eigenvalue weighted by Gasteiger charge is 2.36. The quantitative estimate of drug-likeness (QED) is 0.575. The number of hydrogen-bond donors (Lipinski definition) is 2. The van der Waals surface area contributed by atoms with E-state index in [1.54, 1.807) is 0 Å². The van der Waals surface area contributed by atoms with Crippen molar-refractivity contribution in [3.05, 3.63) is 76.7 Å². The Labute approximate surface area is 182 Å². The van der Waals surface area contributed by atoms with E-state index in [-0.39, 0.29) is 17.3 Å². The second-order valence-electron chi connectivity index (χ2n) is 7.23. The molecule has 0 unspecified atom stereocenters. The number of hydrogen-bond acceptors (Lipinski definition) is 5. The van der Waals surface area contributed by atoms with Crippen molar-refractivity contribution in [2.75, 3.05) is 6.61 Å². The van der Waals surface area contributed by atoms with Gasteiger partial charge in [0.2, 0.25) is 11.8 Å². The molecule has 1 aliphatic heterocycles. The molecule has 0 radical (unpaired) electrons. The van der Waals surface area contributed by atoms with E-state index in [1.165, 1.54) is 12.1 Å². The molecule has 1 atom stereocenters. The standard InChI is InChI=1S/C23H19F3N4O2/c1-2-11-31-16-9-5-14(6-10-16)20-19-18(13-3-7-15(8-4-13)23(24,25)26)17(12-27)21(28)32-22(19)30-29-20/h3-10,18H,2,11,28H2,1H3,(H,29,30)/t18-/m0/s1. The van der Waals surface area contributed by atoms with Crippen molar-refractivity contribution in [1.29, 1.82) is 5.26 Å². The maximum atomic E-state index is 13.0. The number of alkyl halides is 3. The highest BCUT2D eigenvalue weighted by atomic mass is 19.4. The summed E-state index contributed by atoms with van der Waals surface area (Å²) in [4.78, 5) is 0. The van der Waals surface area contributed by atoms with Crippen LogP contribution in [0.4, 0.5) is 13.2 Å². The van der Waals surface area contributed by atoms with Crippen LogP contribution >= 0.6 is 0 Å². The minimum Gasteiger partial charge on any atom is -0.494 e. The number of halogens is 3. The molecule has 0 saturated carbocycles. The second-order valence-corrected chi connectivity index (χ2v) is 7.23. The Morgan fingerprint density at radius 1 is 1.16 bits per heavy atom. The topological polar surface area (TPSA) is 97.0 Å². The highest BCUT2D eigenvalue weighted by Crippen LogP contribution is 2.46. The van der Waals surface area contributed by atoms with Gasteiger partial charge in [-0.1, -0.05) is 19.1 Å². The molecule has 0 saturated heterocycles. The summed E-state index contributed by atoms with van der Waals surface area (Å²) in [5.74, 6) is 0.0103. The monoisotopic (exact) mass is 440 g/mol. The lowest BCUT2D eigenvalue weighted by Crippen LogP contribution is -2.21. The number of allylic oxidation sites excluding steroid dienone is 1. The van der Waals surface area contributed by atoms with Crippen molar-refractivity contribution < 1.29 is 22.6 Å². The first-order valence-corrected chi connectivity index (χ1v) is 9.89. The van der Waals surface area contributed by atoms with Crippen LogP contribution < -0.4 is 15.2 Å². The van der Waals surface area contributed by atoms with E-state index in [4.69, 9.17) is 15.2 Å². The van der Waals surface area contributed by atoms with E-state index in [2.05, 4.69) is 10.2 Å². The van der Waals surface area contributed by atoms with Gasteiger partial charge in [-0.05, 0) is 48.4 Å². The molecule has 0 aliphatic carbocycles. The van der Waals surface area contributed by atoms with Gasteiger partial charge < -0.3 is 15.2 Å². The predicted molar refractivity (Wildman–Crippen MR) is 111 cm³/mol. The Morgan fingerprint density at radius 3 is 2.44 bits per heavy atom. The van der Waals surface area contributed by atoms with Crippen molar-refractivity contribution in [3.8, 4) is 29.0 Å². The maximum absolute atomic E-state index is 13.0. The van der Waals surface area contributed by atoms with Crippen molar-refractivity contribution in [2.24, 2.45) is 5.73 Å². The fourth-order valence-electron chi connectivity index (χ4n) is 3.60. The summed E-state index contributed by atoms with van der Waals surface area (Å²) in [5, 5.41) is 16.8. The fourth-order valence-corrected chi connectivity index (χ4v) is 3.60. The molecule has 0 fully saturated rings. The van der Waals surface area contributed by atoms with Crippen LogP contribution in [0.25, 0.3) is 11.3 Å². The van der Waals surface area contributed by atoms with E-state index in [9.17, 15) is 18.4 Å². The van der Waals surface area contributed by atoms with Gasteiger partial charge in [-0.15, -0.1) is 5.10 Å². The molecule has 0 bridgehead atoms. The summed E-state index contributed by atoms with van der Waals surface area (Å²) in [5.41, 5.74) is 7.57. The number of nitriles is 1. The minimum atomic E-state index is -4.46. The smallest absolute Gasteiger partial charge is 0.416 e. The van der Waals surface area contributed by atoms with Crippen LogP contribution in [0.2, 0.25) is 0 Å². The van der Waals surface area contributed by atoms with Gasteiger partial charge in [-0.25, -0.2) is 0 Å². The zero-order valence-electron chi connectivity index (χ0n) is 17.0. The molecule has 164 valence electrons. The first-order chi connectivity index (χ1) is 15.3. The van der Waals surface area contributed by atoms with Crippen molar-refractivity contribution >= 4 is 0 Å². The number of H-pyrrole nitrogens is 1. The van der Waals surface area contributed by atoms with Gasteiger partial charge in [0.25, 0.3) is 0 Å². The number of nitrogens with one attached hydrogen (secondary N) is 1. The first-order valence-electron chi connectivity index (χ1n) is 9.89. The molecule has 3 aromatic rings. The third kappa shape index (κ3) is 3.87. The Kier molecular flexibility index (Phi) is 5.53. The molecule has 4 rings (SSSR count). The predicted octanol–water partition coefficient (Wildman–Crippen LogP) is 5.10. The van der Waals surface area contributed by atoms with Crippen LogP contribution in [-0.2, 0) is 6.18 Å². The third-order valence-electron chi connectivity index (χ3n) is 5.13. The number of fused-ring (bicyclic) bond motifs is 1. The van der Waals surface area contributed by atoms with Gasteiger partial charge in [0.15, 0.2) is 0 Å². The largest absolute Gasteiger partial charge is 0.494 e. The van der Waals surface area contributed by atoms with Crippen LogP contribution in [0.5, 0.6) is 11.6 Å². The Hall–Kier alpha value is -3.93. The lowest BCUT2D eigenvalue weighted by molar-refractivity contribution is -0.137. The summed E-state index contributed by atoms with van der Waals surface area (Å²) >= 11 is 0. The van der Waals surface area contributed by atoms with Gasteiger partial charge in [-0.2, -0.15) is 18.4 Å². The summed E-state index contributed by atoms with van der Waals surface area (Å²) in [6.07, 6.45) is -3.58. The number of rotatable bonds is 5. The maximum Gasteiger partial charge on any atom is 0.416 e. The van der Waals surface area contributed by atoms with E-state index >= 15 is 0 Å². The van der Waals surface area contributed by atoms with E-state index < -0.39 is 17.7 Å². The van der Waals surface area contributed by atoms with Gasteiger partial charge in [0, 0.05) is 5.56 Å². The molecule has 2 heterocycles. The number of nitrogens with zero attached hydrogens (tertiary/aromatic N) is 2. The van der Waals surface area contributed by atoms with Crippen molar-refractivity contribution in [1.82, 2.24) is 10.2 Å². The lowest BCUT2D eigenvalue weighted by Gasteiger charge is -2.24. The van der Waals surface area contributed by atoms with Gasteiger partial charge in [0.05, 0.1) is 29.3 Å². The van der Waals surface area contributed by atoms with Crippen LogP contribution in [-0.4, -0.2) is 16.8 Å². The summed E-state index contributed by atoms with van der Waals surface area (Å²) < 4.78 is 50.2. The summed E-state index contributed by atoms with van der Waals surface area (Å²) in [6.45, 7) is 2.61. The van der Waals surface area contributed by atoms with Gasteiger partial charge in [0.1, 0.15) is 17.4 Å². The van der Waals surface area contributed by atoms with Gasteiger partial charge >= 0.3 is 6.18 Å². The molecular formula is C23H19F3N4O2. The zero-order valence-corrected chi connectivity index (χ0v) is 17.0. The number of ether oxygens (including phenoxy) is 2. The number of nitrogens with two attached hydrogens (primary N) is 1. The zero-order chi connectivity index (χ0) is 22.9. The third-order valence-corrected chi connectivity index (χ3v) is 5.13. The second kappa shape index (κ2) is 8.30. The van der Waals surface area contributed by atoms with Crippen molar-refractivity contribution in [3.63, 3.8) is 0 Å². The fraction of sp³-hybridized carbons (Fsp3) is 0.217. The van der Waals surface area contributed by atoms with Crippen LogP contribution in [0, 0.1) is 11.3 Å². The normalized spacial score (nSPS) is 15.7. The van der Waals surface area contributed by atoms with Gasteiger partial charge in [-0.3, -0.25) is 5.10 Å². The number of aromatic nitrogens is 2. The molecule has 1 aliphatic rings. The van der Waals surface area contributed by atoms with Crippen molar-refractivity contribution in [2.45, 2.75) is 25.4 Å². The number of benzene rings is 2. The molecule has 1 aromatic heterocycles. The molecule has 0 spiro atoms. The molecule has 0 amide bonds. The highest BCUT2D eigenvalue weighted by molar-refractivity contribution is 5.71. The summed E-state index contributed by atoms with van der Waals surface area (Å²) in [7, 11) is 0. The molecule has 2 aromatic carbocycles. The Morgan fingerprint density at radius 2 is 1.84 bits per heavy atom. The number of aromatic amines is 1. The minimum absolute atomic E-state index is 0.0998. The molecular weight excluding hydrogens is 421 g/mol. The van der Waals surface area contributed by atoms with E-state index in [0.717, 1.165) is 24.1 Å². The molecule has 3 N–H and O–H groups in total.